The lowest BCUT2D eigenvalue weighted by Gasteiger charge is -2.16. The van der Waals surface area contributed by atoms with Crippen molar-refractivity contribution in [2.75, 3.05) is 0 Å². The lowest BCUT2D eigenvalue weighted by Crippen LogP contribution is -2.05. The van der Waals surface area contributed by atoms with Crippen LogP contribution in [0, 0.1) is 6.92 Å². The van der Waals surface area contributed by atoms with Gasteiger partial charge in [-0.25, -0.2) is 0 Å². The van der Waals surface area contributed by atoms with Crippen molar-refractivity contribution in [1.82, 2.24) is 4.98 Å². The topological polar surface area (TPSA) is 50.2 Å². The predicted octanol–water partition coefficient (Wildman–Crippen LogP) is 5.37. The van der Waals surface area contributed by atoms with Crippen LogP contribution in [0.25, 0.3) is 22.0 Å². The zero-order chi connectivity index (χ0) is 17.6. The maximum absolute atomic E-state index is 11.4. The molecular formula is C21H18ClNO2. The number of fused-ring (bicyclic) bond motifs is 1. The van der Waals surface area contributed by atoms with Crippen molar-refractivity contribution in [1.29, 1.82) is 0 Å². The Hall–Kier alpha value is -2.39. The molecule has 0 radical (unpaired) electrons. The Bertz CT molecular complexity index is 975. The molecule has 1 N–H and O–H groups in total. The van der Waals surface area contributed by atoms with Gasteiger partial charge in [-0.15, -0.1) is 0 Å². The number of carboxylic acids is 1. The average molecular weight is 352 g/mol. The van der Waals surface area contributed by atoms with Gasteiger partial charge in [-0.1, -0.05) is 29.8 Å². The number of nitrogens with zero attached hydrogens (tertiary/aromatic N) is 1. The summed E-state index contributed by atoms with van der Waals surface area (Å²) >= 11 is 6.03. The van der Waals surface area contributed by atoms with E-state index in [0.29, 0.717) is 10.9 Å². The SMILES string of the molecule is Cc1cc2nc(C3CC3)ccc2c(-c2ccc(Cl)cc2)c1CC(=O)O. The smallest absolute Gasteiger partial charge is 0.307 e. The van der Waals surface area contributed by atoms with Gasteiger partial charge < -0.3 is 5.11 Å². The number of pyridine rings is 1. The summed E-state index contributed by atoms with van der Waals surface area (Å²) in [5.74, 6) is -0.248. The van der Waals surface area contributed by atoms with Crippen molar-refractivity contribution >= 4 is 28.5 Å². The molecule has 3 nitrogen and oxygen atoms in total. The minimum Gasteiger partial charge on any atom is -0.481 e. The van der Waals surface area contributed by atoms with Gasteiger partial charge in [0, 0.05) is 22.0 Å². The number of hydrogen-bond donors (Lipinski definition) is 1. The minimum atomic E-state index is -0.833. The fraction of sp³-hybridized carbons (Fsp3) is 0.238. The van der Waals surface area contributed by atoms with Gasteiger partial charge in [0.15, 0.2) is 0 Å². The summed E-state index contributed by atoms with van der Waals surface area (Å²) in [6.07, 6.45) is 2.40. The van der Waals surface area contributed by atoms with Crippen molar-refractivity contribution in [3.63, 3.8) is 0 Å². The first-order chi connectivity index (χ1) is 12.0. The zero-order valence-electron chi connectivity index (χ0n) is 13.9. The second-order valence-electron chi connectivity index (χ2n) is 6.70. The Kier molecular flexibility index (Phi) is 3.97. The summed E-state index contributed by atoms with van der Waals surface area (Å²) < 4.78 is 0. The summed E-state index contributed by atoms with van der Waals surface area (Å²) in [6.45, 7) is 1.96. The Morgan fingerprint density at radius 2 is 1.92 bits per heavy atom. The second-order valence-corrected chi connectivity index (χ2v) is 7.14. The van der Waals surface area contributed by atoms with Gasteiger partial charge >= 0.3 is 5.97 Å². The number of benzene rings is 2. The van der Waals surface area contributed by atoms with Crippen molar-refractivity contribution in [2.45, 2.75) is 32.1 Å². The third kappa shape index (κ3) is 3.12. The third-order valence-electron chi connectivity index (χ3n) is 4.80. The number of aryl methyl sites for hydroxylation is 1. The molecule has 0 amide bonds. The van der Waals surface area contributed by atoms with Gasteiger partial charge in [-0.2, -0.15) is 0 Å². The van der Waals surface area contributed by atoms with E-state index in [1.54, 1.807) is 0 Å². The van der Waals surface area contributed by atoms with E-state index in [9.17, 15) is 9.90 Å². The molecule has 4 heteroatoms. The van der Waals surface area contributed by atoms with E-state index in [1.807, 2.05) is 37.3 Å². The van der Waals surface area contributed by atoms with Crippen molar-refractivity contribution < 1.29 is 9.90 Å². The van der Waals surface area contributed by atoms with Crippen LogP contribution in [0.2, 0.25) is 5.02 Å². The van der Waals surface area contributed by atoms with Crippen LogP contribution in [-0.2, 0) is 11.2 Å². The number of aromatic nitrogens is 1. The monoisotopic (exact) mass is 351 g/mol. The number of carboxylic acid groups (broad SMARTS) is 1. The van der Waals surface area contributed by atoms with Crippen molar-refractivity contribution in [3.05, 3.63) is 64.3 Å². The number of hydrogen-bond acceptors (Lipinski definition) is 2. The van der Waals surface area contributed by atoms with E-state index in [4.69, 9.17) is 16.6 Å². The fourth-order valence-corrected chi connectivity index (χ4v) is 3.52. The Labute approximate surface area is 151 Å². The van der Waals surface area contributed by atoms with Gasteiger partial charge in [0.25, 0.3) is 0 Å². The maximum Gasteiger partial charge on any atom is 0.307 e. The largest absolute Gasteiger partial charge is 0.481 e. The highest BCUT2D eigenvalue weighted by Crippen LogP contribution is 2.41. The van der Waals surface area contributed by atoms with E-state index in [-0.39, 0.29) is 6.42 Å². The van der Waals surface area contributed by atoms with Crippen molar-refractivity contribution in [3.8, 4) is 11.1 Å². The molecule has 0 bridgehead atoms. The number of aliphatic carboxylic acids is 1. The number of rotatable bonds is 4. The third-order valence-corrected chi connectivity index (χ3v) is 5.06. The highest BCUT2D eigenvalue weighted by molar-refractivity contribution is 6.30. The average Bonchev–Trinajstić information content (AvgIpc) is 3.41. The number of carbonyl (C=O) groups is 1. The van der Waals surface area contributed by atoms with Gasteiger partial charge in [0.05, 0.1) is 11.9 Å². The fourth-order valence-electron chi connectivity index (χ4n) is 3.40. The molecule has 0 unspecified atom stereocenters. The summed E-state index contributed by atoms with van der Waals surface area (Å²) in [6, 6.07) is 13.7. The van der Waals surface area contributed by atoms with E-state index in [0.717, 1.165) is 38.9 Å². The molecule has 2 aromatic carbocycles. The highest BCUT2D eigenvalue weighted by Gasteiger charge is 2.25. The standard InChI is InChI=1S/C21H18ClNO2/c1-12-10-19-16(8-9-18(23-19)13-2-3-13)21(17(12)11-20(24)25)14-4-6-15(22)7-5-14/h4-10,13H,2-3,11H2,1H3,(H,24,25). The molecule has 4 rings (SSSR count). The van der Waals surface area contributed by atoms with Crippen molar-refractivity contribution in [2.24, 2.45) is 0 Å². The molecule has 1 aliphatic rings. The molecule has 25 heavy (non-hydrogen) atoms. The van der Waals surface area contributed by atoms with Crippen LogP contribution < -0.4 is 0 Å². The summed E-state index contributed by atoms with van der Waals surface area (Å²) in [5.41, 5.74) is 5.78. The first kappa shape index (κ1) is 16.1. The van der Waals surface area contributed by atoms with Crippen LogP contribution in [0.4, 0.5) is 0 Å². The van der Waals surface area contributed by atoms with Crippen LogP contribution in [0.3, 0.4) is 0 Å². The molecule has 1 heterocycles. The second kappa shape index (κ2) is 6.16. The molecule has 3 aromatic rings. The number of halogens is 1. The minimum absolute atomic E-state index is 0.00981. The van der Waals surface area contributed by atoms with E-state index in [1.165, 1.54) is 12.8 Å². The van der Waals surface area contributed by atoms with Crippen LogP contribution in [0.5, 0.6) is 0 Å². The van der Waals surface area contributed by atoms with E-state index >= 15 is 0 Å². The van der Waals surface area contributed by atoms with Gasteiger partial charge in [0.1, 0.15) is 0 Å². The Balaban J connectivity index is 1.99. The quantitative estimate of drug-likeness (QED) is 0.687. The molecule has 0 atom stereocenters. The maximum atomic E-state index is 11.4. The highest BCUT2D eigenvalue weighted by atomic mass is 35.5. The lowest BCUT2D eigenvalue weighted by molar-refractivity contribution is -0.136. The first-order valence-corrected chi connectivity index (χ1v) is 8.81. The van der Waals surface area contributed by atoms with Gasteiger partial charge in [0.2, 0.25) is 0 Å². The predicted molar refractivity (Wildman–Crippen MR) is 100 cm³/mol. The van der Waals surface area contributed by atoms with Crippen LogP contribution >= 0.6 is 11.6 Å². The summed E-state index contributed by atoms with van der Waals surface area (Å²) in [4.78, 5) is 16.3. The van der Waals surface area contributed by atoms with Crippen LogP contribution in [0.1, 0.15) is 35.6 Å². The molecule has 1 saturated carbocycles. The molecule has 0 spiro atoms. The molecular weight excluding hydrogens is 334 g/mol. The van der Waals surface area contributed by atoms with E-state index in [2.05, 4.69) is 12.1 Å². The lowest BCUT2D eigenvalue weighted by atomic mass is 9.90. The molecule has 0 aliphatic heterocycles. The molecule has 126 valence electrons. The summed E-state index contributed by atoms with van der Waals surface area (Å²) in [7, 11) is 0. The molecule has 1 aliphatic carbocycles. The molecule has 0 saturated heterocycles. The summed E-state index contributed by atoms with van der Waals surface area (Å²) in [5, 5.41) is 11.0. The van der Waals surface area contributed by atoms with Crippen LogP contribution in [-0.4, -0.2) is 16.1 Å². The van der Waals surface area contributed by atoms with Crippen LogP contribution in [0.15, 0.2) is 42.5 Å². The Morgan fingerprint density at radius 1 is 1.20 bits per heavy atom. The van der Waals surface area contributed by atoms with E-state index < -0.39 is 5.97 Å². The molecule has 1 fully saturated rings. The van der Waals surface area contributed by atoms with Gasteiger partial charge in [-0.3, -0.25) is 9.78 Å². The zero-order valence-corrected chi connectivity index (χ0v) is 14.7. The van der Waals surface area contributed by atoms with Gasteiger partial charge in [-0.05, 0) is 66.3 Å². The molecule has 1 aromatic heterocycles. The normalized spacial score (nSPS) is 14.0. The Morgan fingerprint density at radius 3 is 2.56 bits per heavy atom. The first-order valence-electron chi connectivity index (χ1n) is 8.44.